The molecular weight excluding hydrogens is 280 g/mol. The molecule has 0 bridgehead atoms. The number of aryl methyl sites for hydroxylation is 2. The van der Waals surface area contributed by atoms with Crippen molar-refractivity contribution < 1.29 is 0 Å². The first-order valence-electron chi connectivity index (χ1n) is 5.55. The highest BCUT2D eigenvalue weighted by atomic mass is 79.9. The third-order valence-electron chi connectivity index (χ3n) is 2.79. The molecule has 0 N–H and O–H groups in total. The number of hydrogen-bond donors (Lipinski definition) is 0. The molecule has 1 aromatic heterocycles. The quantitative estimate of drug-likeness (QED) is 0.813. The molecule has 0 radical (unpaired) electrons. The third kappa shape index (κ3) is 2.91. The first kappa shape index (κ1) is 12.2. The monoisotopic (exact) mass is 294 g/mol. The summed E-state index contributed by atoms with van der Waals surface area (Å²) in [5.74, 6) is 1.18. The van der Waals surface area contributed by atoms with Gasteiger partial charge in [-0.15, -0.1) is 10.2 Å². The van der Waals surface area contributed by atoms with Crippen LogP contribution in [0.2, 0.25) is 0 Å². The van der Waals surface area contributed by atoms with Crippen LogP contribution < -0.4 is 0 Å². The predicted octanol–water partition coefficient (Wildman–Crippen LogP) is 2.24. The zero-order valence-corrected chi connectivity index (χ0v) is 11.6. The predicted molar refractivity (Wildman–Crippen MR) is 70.2 cm³/mol. The molecule has 0 aliphatic carbocycles. The van der Waals surface area contributed by atoms with Gasteiger partial charge in [-0.25, -0.2) is 0 Å². The summed E-state index contributed by atoms with van der Waals surface area (Å²) >= 11 is 3.57. The first-order chi connectivity index (χ1) is 8.20. The molecule has 17 heavy (non-hydrogen) atoms. The Bertz CT molecular complexity index is 495. The normalized spacial score (nSPS) is 12.6. The number of rotatable bonds is 4. The van der Waals surface area contributed by atoms with Crippen molar-refractivity contribution in [2.75, 3.05) is 5.33 Å². The maximum Gasteiger partial charge on any atom is 0.175 e. The molecule has 0 spiro atoms. The van der Waals surface area contributed by atoms with Gasteiger partial charge in [-0.1, -0.05) is 40.2 Å². The average Bonchev–Trinajstić information content (AvgIpc) is 2.73. The lowest BCUT2D eigenvalue weighted by Crippen LogP contribution is -2.08. The van der Waals surface area contributed by atoms with Gasteiger partial charge in [-0.05, 0) is 23.3 Å². The van der Waals surface area contributed by atoms with Gasteiger partial charge in [0.25, 0.3) is 0 Å². The number of halogens is 1. The van der Waals surface area contributed by atoms with Crippen molar-refractivity contribution in [3.05, 3.63) is 41.2 Å². The summed E-state index contributed by atoms with van der Waals surface area (Å²) in [5.41, 5.74) is 2.65. The molecule has 0 fully saturated rings. The Morgan fingerprint density at radius 1 is 1.35 bits per heavy atom. The lowest BCUT2D eigenvalue weighted by Gasteiger charge is -2.14. The second-order valence-corrected chi connectivity index (χ2v) is 4.75. The van der Waals surface area contributed by atoms with Crippen LogP contribution in [-0.2, 0) is 13.5 Å². The SMILES string of the molecule is Cc1ccccc1C(CBr)Cc1nnn(C)n1. The van der Waals surface area contributed by atoms with Crippen LogP contribution >= 0.6 is 15.9 Å². The molecule has 1 unspecified atom stereocenters. The summed E-state index contributed by atoms with van der Waals surface area (Å²) in [6, 6.07) is 8.43. The highest BCUT2D eigenvalue weighted by Gasteiger charge is 2.15. The number of benzene rings is 1. The lowest BCUT2D eigenvalue weighted by atomic mass is 9.93. The van der Waals surface area contributed by atoms with Crippen LogP contribution in [0.15, 0.2) is 24.3 Å². The van der Waals surface area contributed by atoms with E-state index in [1.54, 1.807) is 7.05 Å². The third-order valence-corrected chi connectivity index (χ3v) is 3.57. The van der Waals surface area contributed by atoms with Gasteiger partial charge in [0.05, 0.1) is 7.05 Å². The van der Waals surface area contributed by atoms with E-state index in [1.165, 1.54) is 15.9 Å². The summed E-state index contributed by atoms with van der Waals surface area (Å²) < 4.78 is 0. The van der Waals surface area contributed by atoms with Crippen molar-refractivity contribution in [2.45, 2.75) is 19.3 Å². The maximum absolute atomic E-state index is 4.23. The fraction of sp³-hybridized carbons (Fsp3) is 0.417. The first-order valence-corrected chi connectivity index (χ1v) is 6.67. The van der Waals surface area contributed by atoms with E-state index in [0.717, 1.165) is 17.6 Å². The molecule has 0 saturated carbocycles. The van der Waals surface area contributed by atoms with Gasteiger partial charge in [0.1, 0.15) is 0 Å². The maximum atomic E-state index is 4.23. The molecule has 1 heterocycles. The number of aromatic nitrogens is 4. The van der Waals surface area contributed by atoms with Crippen LogP contribution in [0.3, 0.4) is 0 Å². The topological polar surface area (TPSA) is 43.6 Å². The number of hydrogen-bond acceptors (Lipinski definition) is 3. The molecule has 2 aromatic rings. The van der Waals surface area contributed by atoms with Gasteiger partial charge in [0.2, 0.25) is 0 Å². The Balaban J connectivity index is 2.20. The largest absolute Gasteiger partial charge is 0.175 e. The second-order valence-electron chi connectivity index (χ2n) is 4.11. The Morgan fingerprint density at radius 2 is 2.12 bits per heavy atom. The van der Waals surface area contributed by atoms with Crippen LogP contribution in [0.5, 0.6) is 0 Å². The lowest BCUT2D eigenvalue weighted by molar-refractivity contribution is 0.625. The van der Waals surface area contributed by atoms with Gasteiger partial charge in [0, 0.05) is 17.7 Å². The van der Waals surface area contributed by atoms with E-state index in [9.17, 15) is 0 Å². The molecule has 5 heteroatoms. The Kier molecular flexibility index (Phi) is 3.89. The smallest absolute Gasteiger partial charge is 0.167 e. The minimum atomic E-state index is 0.389. The standard InChI is InChI=1S/C12H15BrN4/c1-9-5-3-4-6-11(9)10(8-13)7-12-14-16-17(2)15-12/h3-6,10H,7-8H2,1-2H3. The molecule has 1 aromatic carbocycles. The fourth-order valence-electron chi connectivity index (χ4n) is 1.92. The van der Waals surface area contributed by atoms with Crippen LogP contribution in [0.1, 0.15) is 22.9 Å². The van der Waals surface area contributed by atoms with Gasteiger partial charge < -0.3 is 0 Å². The second kappa shape index (κ2) is 5.40. The van der Waals surface area contributed by atoms with Gasteiger partial charge in [0.15, 0.2) is 5.82 Å². The van der Waals surface area contributed by atoms with Gasteiger partial charge in [-0.2, -0.15) is 4.80 Å². The Hall–Kier alpha value is -1.23. The van der Waals surface area contributed by atoms with E-state index in [-0.39, 0.29) is 0 Å². The van der Waals surface area contributed by atoms with Crippen LogP contribution in [-0.4, -0.2) is 25.5 Å². The zero-order valence-electron chi connectivity index (χ0n) is 9.97. The summed E-state index contributed by atoms with van der Waals surface area (Å²) in [5, 5.41) is 13.0. The van der Waals surface area contributed by atoms with E-state index in [2.05, 4.69) is 62.5 Å². The number of tetrazole rings is 1. The van der Waals surface area contributed by atoms with E-state index in [1.807, 2.05) is 0 Å². The minimum Gasteiger partial charge on any atom is -0.167 e. The van der Waals surface area contributed by atoms with Gasteiger partial charge in [-0.3, -0.25) is 0 Å². The minimum absolute atomic E-state index is 0.389. The van der Waals surface area contributed by atoms with E-state index < -0.39 is 0 Å². The molecular formula is C12H15BrN4. The highest BCUT2D eigenvalue weighted by molar-refractivity contribution is 9.09. The van der Waals surface area contributed by atoms with Crippen molar-refractivity contribution in [3.63, 3.8) is 0 Å². The van der Waals surface area contributed by atoms with Crippen LogP contribution in [0, 0.1) is 6.92 Å². The summed E-state index contributed by atoms with van der Waals surface area (Å²) in [7, 11) is 1.79. The van der Waals surface area contributed by atoms with Crippen molar-refractivity contribution in [2.24, 2.45) is 7.05 Å². The van der Waals surface area contributed by atoms with E-state index in [4.69, 9.17) is 0 Å². The molecule has 0 amide bonds. The summed E-state index contributed by atoms with van der Waals surface area (Å²) in [6.07, 6.45) is 0.809. The van der Waals surface area contributed by atoms with Gasteiger partial charge >= 0.3 is 0 Å². The van der Waals surface area contributed by atoms with Crippen molar-refractivity contribution >= 4 is 15.9 Å². The molecule has 90 valence electrons. The highest BCUT2D eigenvalue weighted by Crippen LogP contribution is 2.24. The van der Waals surface area contributed by atoms with E-state index in [0.29, 0.717) is 5.92 Å². The van der Waals surface area contributed by atoms with Crippen LogP contribution in [0.25, 0.3) is 0 Å². The molecule has 4 nitrogen and oxygen atoms in total. The average molecular weight is 295 g/mol. The summed E-state index contributed by atoms with van der Waals surface area (Å²) in [4.78, 5) is 1.50. The van der Waals surface area contributed by atoms with Crippen molar-refractivity contribution in [1.29, 1.82) is 0 Å². The molecule has 0 aliphatic heterocycles. The zero-order chi connectivity index (χ0) is 12.3. The number of alkyl halides is 1. The summed E-state index contributed by atoms with van der Waals surface area (Å²) in [6.45, 7) is 2.13. The molecule has 0 saturated heterocycles. The van der Waals surface area contributed by atoms with Crippen LogP contribution in [0.4, 0.5) is 0 Å². The number of nitrogens with zero attached hydrogens (tertiary/aromatic N) is 4. The van der Waals surface area contributed by atoms with Crippen molar-refractivity contribution in [3.8, 4) is 0 Å². The Labute approximate surface area is 109 Å². The molecule has 1 atom stereocenters. The molecule has 0 aliphatic rings. The van der Waals surface area contributed by atoms with E-state index >= 15 is 0 Å². The van der Waals surface area contributed by atoms with Crippen molar-refractivity contribution in [1.82, 2.24) is 20.2 Å². The Morgan fingerprint density at radius 3 is 2.71 bits per heavy atom. The molecule has 2 rings (SSSR count). The fourth-order valence-corrected chi connectivity index (χ4v) is 2.50.